The molecule has 2 rings (SSSR count). The molecular weight excluding hydrogens is 280 g/mol. The molecule has 1 heterocycles. The molecule has 0 N–H and O–H groups in total. The molecule has 0 amide bonds. The molecule has 0 radical (unpaired) electrons. The van der Waals surface area contributed by atoms with Gasteiger partial charge in [0.15, 0.2) is 0 Å². The highest BCUT2D eigenvalue weighted by molar-refractivity contribution is 9.10. The number of rotatable bonds is 2. The Morgan fingerprint density at radius 2 is 2.21 bits per heavy atom. The van der Waals surface area contributed by atoms with Crippen LogP contribution >= 0.6 is 39.0 Å². The standard InChI is InChI=1S/C10H9BrOS2/c1-12-6-3-7(11)10-8(4-6)14-5-9(10)13-2/h3-5H,1-2H3. The topological polar surface area (TPSA) is 9.23 Å². The minimum atomic E-state index is 0.902. The molecule has 4 heteroatoms. The molecule has 1 aromatic carbocycles. The van der Waals surface area contributed by atoms with Crippen molar-refractivity contribution in [1.82, 2.24) is 0 Å². The van der Waals surface area contributed by atoms with Gasteiger partial charge in [0.05, 0.1) is 7.11 Å². The van der Waals surface area contributed by atoms with E-state index in [9.17, 15) is 0 Å². The summed E-state index contributed by atoms with van der Waals surface area (Å²) in [4.78, 5) is 1.32. The molecule has 0 aliphatic heterocycles. The van der Waals surface area contributed by atoms with Crippen LogP contribution in [0.4, 0.5) is 0 Å². The van der Waals surface area contributed by atoms with Crippen LogP contribution < -0.4 is 4.74 Å². The molecule has 0 spiro atoms. The van der Waals surface area contributed by atoms with Crippen molar-refractivity contribution in [3.05, 3.63) is 22.0 Å². The maximum Gasteiger partial charge on any atom is 0.121 e. The quantitative estimate of drug-likeness (QED) is 0.758. The van der Waals surface area contributed by atoms with Gasteiger partial charge in [-0.05, 0) is 34.3 Å². The summed E-state index contributed by atoms with van der Waals surface area (Å²) in [5.41, 5.74) is 0. The van der Waals surface area contributed by atoms with E-state index in [0.29, 0.717) is 0 Å². The number of thiophene rings is 1. The van der Waals surface area contributed by atoms with Crippen LogP contribution in [0.1, 0.15) is 0 Å². The van der Waals surface area contributed by atoms with E-state index in [1.807, 2.05) is 6.07 Å². The van der Waals surface area contributed by atoms with Crippen LogP contribution in [0.3, 0.4) is 0 Å². The molecule has 1 aromatic heterocycles. The van der Waals surface area contributed by atoms with E-state index in [-0.39, 0.29) is 0 Å². The fourth-order valence-corrected chi connectivity index (χ4v) is 4.14. The van der Waals surface area contributed by atoms with Crippen molar-refractivity contribution < 1.29 is 4.74 Å². The first-order valence-electron chi connectivity index (χ1n) is 4.05. The minimum absolute atomic E-state index is 0.902. The van der Waals surface area contributed by atoms with Crippen molar-refractivity contribution in [3.8, 4) is 5.75 Å². The predicted molar refractivity (Wildman–Crippen MR) is 67.9 cm³/mol. The van der Waals surface area contributed by atoms with Gasteiger partial charge in [-0.2, -0.15) is 0 Å². The lowest BCUT2D eigenvalue weighted by Crippen LogP contribution is -1.82. The number of benzene rings is 1. The molecule has 14 heavy (non-hydrogen) atoms. The van der Waals surface area contributed by atoms with Gasteiger partial charge >= 0.3 is 0 Å². The Hall–Kier alpha value is -0.190. The molecule has 2 aromatic rings. The number of ether oxygens (including phenoxy) is 1. The third-order valence-electron chi connectivity index (χ3n) is 2.02. The average molecular weight is 289 g/mol. The van der Waals surface area contributed by atoms with Gasteiger partial charge in [-0.3, -0.25) is 0 Å². The molecule has 0 aliphatic carbocycles. The largest absolute Gasteiger partial charge is 0.497 e. The summed E-state index contributed by atoms with van der Waals surface area (Å²) in [5, 5.41) is 3.47. The summed E-state index contributed by atoms with van der Waals surface area (Å²) < 4.78 is 7.59. The Labute approximate surface area is 99.6 Å². The molecule has 0 fully saturated rings. The maximum atomic E-state index is 5.22. The summed E-state index contributed by atoms with van der Waals surface area (Å²) >= 11 is 7.10. The first-order valence-corrected chi connectivity index (χ1v) is 6.94. The number of methoxy groups -OCH3 is 1. The van der Waals surface area contributed by atoms with Crippen molar-refractivity contribution in [3.63, 3.8) is 0 Å². The van der Waals surface area contributed by atoms with Gasteiger partial charge in [-0.1, -0.05) is 0 Å². The highest BCUT2D eigenvalue weighted by Gasteiger charge is 2.08. The van der Waals surface area contributed by atoms with E-state index >= 15 is 0 Å². The normalized spacial score (nSPS) is 10.8. The highest BCUT2D eigenvalue weighted by atomic mass is 79.9. The molecule has 0 saturated carbocycles. The molecule has 0 unspecified atom stereocenters. The first-order chi connectivity index (χ1) is 6.76. The summed E-state index contributed by atoms with van der Waals surface area (Å²) in [6.07, 6.45) is 2.10. The lowest BCUT2D eigenvalue weighted by Gasteiger charge is -2.02. The molecule has 0 atom stereocenters. The molecular formula is C10H9BrOS2. The number of fused-ring (bicyclic) bond motifs is 1. The molecule has 0 bridgehead atoms. The van der Waals surface area contributed by atoms with E-state index in [0.717, 1.165) is 10.2 Å². The Morgan fingerprint density at radius 3 is 2.86 bits per heavy atom. The SMILES string of the molecule is COc1cc(Br)c2c(SC)csc2c1. The maximum absolute atomic E-state index is 5.22. The zero-order valence-corrected chi connectivity index (χ0v) is 11.1. The van der Waals surface area contributed by atoms with E-state index in [2.05, 4.69) is 33.6 Å². The van der Waals surface area contributed by atoms with Crippen LogP contribution in [0.25, 0.3) is 10.1 Å². The van der Waals surface area contributed by atoms with Gasteiger partial charge in [-0.15, -0.1) is 23.1 Å². The smallest absolute Gasteiger partial charge is 0.121 e. The monoisotopic (exact) mass is 288 g/mol. The van der Waals surface area contributed by atoms with Gasteiger partial charge < -0.3 is 4.74 Å². The fourth-order valence-electron chi connectivity index (χ4n) is 1.33. The van der Waals surface area contributed by atoms with Crippen molar-refractivity contribution in [2.45, 2.75) is 4.90 Å². The number of halogens is 1. The second-order valence-electron chi connectivity index (χ2n) is 2.79. The lowest BCUT2D eigenvalue weighted by molar-refractivity contribution is 0.415. The number of thioether (sulfide) groups is 1. The third-order valence-corrected chi connectivity index (χ3v) is 4.49. The molecule has 0 saturated heterocycles. The molecule has 1 nitrogen and oxygen atoms in total. The van der Waals surface area contributed by atoms with E-state index in [4.69, 9.17) is 4.74 Å². The zero-order valence-electron chi connectivity index (χ0n) is 7.83. The second-order valence-corrected chi connectivity index (χ2v) is 5.40. The van der Waals surface area contributed by atoms with E-state index in [1.165, 1.54) is 15.0 Å². The second kappa shape index (κ2) is 4.13. The van der Waals surface area contributed by atoms with Crippen molar-refractivity contribution in [2.75, 3.05) is 13.4 Å². The Morgan fingerprint density at radius 1 is 1.43 bits per heavy atom. The van der Waals surface area contributed by atoms with Crippen molar-refractivity contribution >= 4 is 49.1 Å². The van der Waals surface area contributed by atoms with Crippen LogP contribution in [0.5, 0.6) is 5.75 Å². The summed E-state index contributed by atoms with van der Waals surface area (Å²) in [5.74, 6) is 0.902. The van der Waals surface area contributed by atoms with Crippen molar-refractivity contribution in [1.29, 1.82) is 0 Å². The van der Waals surface area contributed by atoms with Gasteiger partial charge in [0, 0.05) is 24.8 Å². The summed E-state index contributed by atoms with van der Waals surface area (Å²) in [6.45, 7) is 0. The molecule has 74 valence electrons. The van der Waals surface area contributed by atoms with Crippen molar-refractivity contribution in [2.24, 2.45) is 0 Å². The van der Waals surface area contributed by atoms with Gasteiger partial charge in [0.1, 0.15) is 5.75 Å². The Bertz CT molecular complexity index is 464. The predicted octanol–water partition coefficient (Wildman–Crippen LogP) is 4.39. The lowest BCUT2D eigenvalue weighted by atomic mass is 10.2. The van der Waals surface area contributed by atoms with Gasteiger partial charge in [0.25, 0.3) is 0 Å². The summed E-state index contributed by atoms with van der Waals surface area (Å²) in [7, 11) is 1.69. The van der Waals surface area contributed by atoms with Crippen LogP contribution in [0.2, 0.25) is 0 Å². The highest BCUT2D eigenvalue weighted by Crippen LogP contribution is 2.39. The van der Waals surface area contributed by atoms with E-state index in [1.54, 1.807) is 30.2 Å². The van der Waals surface area contributed by atoms with Gasteiger partial charge in [-0.25, -0.2) is 0 Å². The minimum Gasteiger partial charge on any atom is -0.497 e. The van der Waals surface area contributed by atoms with E-state index < -0.39 is 0 Å². The number of hydrogen-bond donors (Lipinski definition) is 0. The summed E-state index contributed by atoms with van der Waals surface area (Å²) in [6, 6.07) is 4.08. The number of hydrogen-bond acceptors (Lipinski definition) is 3. The van der Waals surface area contributed by atoms with Crippen LogP contribution in [0, 0.1) is 0 Å². The zero-order chi connectivity index (χ0) is 10.1. The van der Waals surface area contributed by atoms with Crippen LogP contribution in [-0.4, -0.2) is 13.4 Å². The Balaban J connectivity index is 2.72. The third kappa shape index (κ3) is 1.66. The molecule has 0 aliphatic rings. The van der Waals surface area contributed by atoms with Gasteiger partial charge in [0.2, 0.25) is 0 Å². The first kappa shape index (κ1) is 10.3. The van der Waals surface area contributed by atoms with Crippen LogP contribution in [0.15, 0.2) is 26.9 Å². The Kier molecular flexibility index (Phi) is 3.04. The fraction of sp³-hybridized carbons (Fsp3) is 0.200. The average Bonchev–Trinajstić information content (AvgIpc) is 2.61. The van der Waals surface area contributed by atoms with Crippen LogP contribution in [-0.2, 0) is 0 Å².